The first-order valence-corrected chi connectivity index (χ1v) is 11.3. The van der Waals surface area contributed by atoms with Crippen molar-refractivity contribution in [3.05, 3.63) is 37.0 Å². The summed E-state index contributed by atoms with van der Waals surface area (Å²) in [4.78, 5) is 21.4. The predicted octanol–water partition coefficient (Wildman–Crippen LogP) is 5.91. The molecule has 0 aromatic rings. The van der Waals surface area contributed by atoms with Gasteiger partial charge in [-0.05, 0) is 57.8 Å². The Kier molecular flexibility index (Phi) is 12.0. The van der Waals surface area contributed by atoms with E-state index in [0.29, 0.717) is 6.10 Å². The standard InChI is InChI=1S/C24H38O5/c1-2-3-4-5-6-7-8-9-10-11-12-13-14-20-15-17-22(27-20)23-18-16-21(28-29-23)19-24(25)26/h2,5-8,20-23H,1,3-4,9-19H2,(H,25,26)/b6-5-,8-7-/t20-,21+,22+,23+/m1/s1. The van der Waals surface area contributed by atoms with Crippen LogP contribution < -0.4 is 0 Å². The van der Waals surface area contributed by atoms with E-state index in [1.807, 2.05) is 6.08 Å². The minimum atomic E-state index is -0.846. The summed E-state index contributed by atoms with van der Waals surface area (Å²) in [7, 11) is 0. The van der Waals surface area contributed by atoms with Crippen LogP contribution in [0.15, 0.2) is 37.0 Å². The van der Waals surface area contributed by atoms with E-state index in [2.05, 4.69) is 30.9 Å². The van der Waals surface area contributed by atoms with Crippen molar-refractivity contribution in [2.75, 3.05) is 0 Å². The first kappa shape index (κ1) is 23.8. The normalized spacial score (nSPS) is 27.7. The van der Waals surface area contributed by atoms with Gasteiger partial charge in [-0.15, -0.1) is 6.58 Å². The summed E-state index contributed by atoms with van der Waals surface area (Å²) in [5, 5.41) is 8.82. The molecular weight excluding hydrogens is 368 g/mol. The zero-order valence-electron chi connectivity index (χ0n) is 17.7. The quantitative estimate of drug-likeness (QED) is 0.168. The van der Waals surface area contributed by atoms with Crippen molar-refractivity contribution in [3.63, 3.8) is 0 Å². The molecule has 0 bridgehead atoms. The number of hydrogen-bond acceptors (Lipinski definition) is 4. The van der Waals surface area contributed by atoms with E-state index in [4.69, 9.17) is 19.6 Å². The van der Waals surface area contributed by atoms with Crippen LogP contribution >= 0.6 is 0 Å². The maximum atomic E-state index is 10.7. The lowest BCUT2D eigenvalue weighted by Gasteiger charge is -2.30. The lowest BCUT2D eigenvalue weighted by molar-refractivity contribution is -0.385. The molecule has 2 aliphatic rings. The third-order valence-electron chi connectivity index (χ3n) is 5.61. The van der Waals surface area contributed by atoms with Crippen LogP contribution in [0.25, 0.3) is 0 Å². The van der Waals surface area contributed by atoms with Crippen LogP contribution in [0.2, 0.25) is 0 Å². The second-order valence-electron chi connectivity index (χ2n) is 8.12. The van der Waals surface area contributed by atoms with Crippen LogP contribution in [0.3, 0.4) is 0 Å². The second-order valence-corrected chi connectivity index (χ2v) is 8.12. The molecule has 0 aliphatic carbocycles. The Labute approximate surface area is 175 Å². The number of allylic oxidation sites excluding steroid dienone is 5. The number of aliphatic carboxylic acids is 1. The van der Waals surface area contributed by atoms with Crippen LogP contribution in [0.1, 0.15) is 83.5 Å². The zero-order valence-corrected chi connectivity index (χ0v) is 17.7. The molecule has 2 fully saturated rings. The van der Waals surface area contributed by atoms with Gasteiger partial charge < -0.3 is 9.84 Å². The Morgan fingerprint density at radius 3 is 2.31 bits per heavy atom. The fourth-order valence-corrected chi connectivity index (χ4v) is 3.95. The van der Waals surface area contributed by atoms with E-state index >= 15 is 0 Å². The van der Waals surface area contributed by atoms with Crippen molar-refractivity contribution in [1.29, 1.82) is 0 Å². The van der Waals surface area contributed by atoms with Crippen LogP contribution in [-0.2, 0) is 19.3 Å². The van der Waals surface area contributed by atoms with Crippen LogP contribution in [0.5, 0.6) is 0 Å². The number of rotatable bonds is 14. The molecule has 0 saturated carbocycles. The fourth-order valence-electron chi connectivity index (χ4n) is 3.95. The van der Waals surface area contributed by atoms with Gasteiger partial charge >= 0.3 is 5.97 Å². The molecule has 2 heterocycles. The summed E-state index contributed by atoms with van der Waals surface area (Å²) < 4.78 is 6.17. The molecule has 0 radical (unpaired) electrons. The SMILES string of the molecule is C=CCC/C=C\C=C/CCCCCC[C@@H]1CC[C@@H]([C@@H]2CC[C@@H](CC(=O)O)OO2)O1. The number of carboxylic acids is 1. The first-order chi connectivity index (χ1) is 14.2. The maximum absolute atomic E-state index is 10.7. The minimum Gasteiger partial charge on any atom is -0.481 e. The van der Waals surface area contributed by atoms with Crippen molar-refractivity contribution in [2.45, 2.75) is 108 Å². The molecule has 0 aromatic carbocycles. The van der Waals surface area contributed by atoms with Gasteiger partial charge in [0.1, 0.15) is 12.2 Å². The fraction of sp³-hybridized carbons (Fsp3) is 0.708. The summed E-state index contributed by atoms with van der Waals surface area (Å²) in [6, 6.07) is 0. The topological polar surface area (TPSA) is 65.0 Å². The average molecular weight is 407 g/mol. The van der Waals surface area contributed by atoms with Crippen molar-refractivity contribution >= 4 is 5.97 Å². The summed E-state index contributed by atoms with van der Waals surface area (Å²) in [6.07, 6.45) is 23.7. The molecule has 4 atom stereocenters. The highest BCUT2D eigenvalue weighted by Crippen LogP contribution is 2.31. The molecule has 0 spiro atoms. The third kappa shape index (κ3) is 10.2. The molecule has 164 valence electrons. The molecule has 29 heavy (non-hydrogen) atoms. The summed E-state index contributed by atoms with van der Waals surface area (Å²) in [5.41, 5.74) is 0. The van der Waals surface area contributed by atoms with Gasteiger partial charge in [0.15, 0.2) is 0 Å². The molecular formula is C24H38O5. The maximum Gasteiger partial charge on any atom is 0.306 e. The monoisotopic (exact) mass is 406 g/mol. The number of carbonyl (C=O) groups is 1. The van der Waals surface area contributed by atoms with E-state index in [-0.39, 0.29) is 24.7 Å². The highest BCUT2D eigenvalue weighted by molar-refractivity contribution is 5.67. The number of hydrogen-bond donors (Lipinski definition) is 1. The van der Waals surface area contributed by atoms with Gasteiger partial charge in [-0.1, -0.05) is 49.6 Å². The van der Waals surface area contributed by atoms with Crippen LogP contribution in [0.4, 0.5) is 0 Å². The van der Waals surface area contributed by atoms with Gasteiger partial charge in [0.2, 0.25) is 0 Å². The molecule has 0 amide bonds. The largest absolute Gasteiger partial charge is 0.481 e. The molecule has 2 rings (SSSR count). The number of ether oxygens (including phenoxy) is 1. The third-order valence-corrected chi connectivity index (χ3v) is 5.61. The Morgan fingerprint density at radius 1 is 0.862 bits per heavy atom. The van der Waals surface area contributed by atoms with Crippen LogP contribution in [-0.4, -0.2) is 35.5 Å². The summed E-state index contributed by atoms with van der Waals surface area (Å²) >= 11 is 0. The van der Waals surface area contributed by atoms with Gasteiger partial charge in [0.05, 0.1) is 18.6 Å². The van der Waals surface area contributed by atoms with Gasteiger partial charge in [-0.3, -0.25) is 4.79 Å². The van der Waals surface area contributed by atoms with E-state index in [1.54, 1.807) is 0 Å². The second kappa shape index (κ2) is 14.5. The predicted molar refractivity (Wildman–Crippen MR) is 115 cm³/mol. The Hall–Kier alpha value is -1.43. The molecule has 5 nitrogen and oxygen atoms in total. The lowest BCUT2D eigenvalue weighted by atomic mass is 10.0. The van der Waals surface area contributed by atoms with Crippen molar-refractivity contribution in [3.8, 4) is 0 Å². The van der Waals surface area contributed by atoms with E-state index in [1.165, 1.54) is 25.7 Å². The summed E-state index contributed by atoms with van der Waals surface area (Å²) in [6.45, 7) is 3.72. The molecule has 5 heteroatoms. The van der Waals surface area contributed by atoms with Gasteiger partial charge in [0, 0.05) is 0 Å². The van der Waals surface area contributed by atoms with E-state index in [9.17, 15) is 4.79 Å². The highest BCUT2D eigenvalue weighted by Gasteiger charge is 2.36. The highest BCUT2D eigenvalue weighted by atomic mass is 17.2. The number of unbranched alkanes of at least 4 members (excludes halogenated alkanes) is 5. The van der Waals surface area contributed by atoms with Crippen molar-refractivity contribution in [2.24, 2.45) is 0 Å². The Bertz CT molecular complexity index is 519. The smallest absolute Gasteiger partial charge is 0.306 e. The minimum absolute atomic E-state index is 0.00307. The van der Waals surface area contributed by atoms with Gasteiger partial charge in [-0.2, -0.15) is 0 Å². The molecule has 2 aliphatic heterocycles. The first-order valence-electron chi connectivity index (χ1n) is 11.3. The van der Waals surface area contributed by atoms with Crippen LogP contribution in [0, 0.1) is 0 Å². The van der Waals surface area contributed by atoms with Gasteiger partial charge in [-0.25, -0.2) is 9.78 Å². The molecule has 0 aromatic heterocycles. The van der Waals surface area contributed by atoms with Gasteiger partial charge in [0.25, 0.3) is 0 Å². The van der Waals surface area contributed by atoms with E-state index in [0.717, 1.165) is 51.4 Å². The van der Waals surface area contributed by atoms with Crippen molar-refractivity contribution < 1.29 is 24.4 Å². The lowest BCUT2D eigenvalue weighted by Crippen LogP contribution is -2.37. The Morgan fingerprint density at radius 2 is 1.59 bits per heavy atom. The average Bonchev–Trinajstić information content (AvgIpc) is 3.18. The summed E-state index contributed by atoms with van der Waals surface area (Å²) in [5.74, 6) is -0.846. The zero-order chi connectivity index (χ0) is 20.7. The molecule has 1 N–H and O–H groups in total. The molecule has 2 saturated heterocycles. The molecule has 0 unspecified atom stereocenters. The Balaban J connectivity index is 1.46. The van der Waals surface area contributed by atoms with Crippen molar-refractivity contribution in [1.82, 2.24) is 0 Å². The number of carboxylic acid groups (broad SMARTS) is 1. The van der Waals surface area contributed by atoms with E-state index < -0.39 is 5.97 Å².